The van der Waals surface area contributed by atoms with Gasteiger partial charge in [0.2, 0.25) is 0 Å². The van der Waals surface area contributed by atoms with E-state index >= 15 is 0 Å². The number of carbonyl (C=O) groups excluding carboxylic acids is 1. The van der Waals surface area contributed by atoms with Crippen molar-refractivity contribution in [1.29, 1.82) is 0 Å². The topological polar surface area (TPSA) is 37.3 Å². The molecule has 4 aliphatic rings. The van der Waals surface area contributed by atoms with Crippen LogP contribution < -0.4 is 0 Å². The smallest absolute Gasteiger partial charge is 0.139 e. The van der Waals surface area contributed by atoms with Crippen LogP contribution in [-0.2, 0) is 4.79 Å². The summed E-state index contributed by atoms with van der Waals surface area (Å²) in [7, 11) is 0. The Labute approximate surface area is 138 Å². The first-order chi connectivity index (χ1) is 10.3. The van der Waals surface area contributed by atoms with Gasteiger partial charge < -0.3 is 5.11 Å². The lowest BCUT2D eigenvalue weighted by atomic mass is 9.44. The summed E-state index contributed by atoms with van der Waals surface area (Å²) in [4.78, 5) is 12.4. The largest absolute Gasteiger partial charge is 0.387 e. The van der Waals surface area contributed by atoms with Crippen molar-refractivity contribution in [3.05, 3.63) is 12.2 Å². The third-order valence-corrected chi connectivity index (χ3v) is 8.63. The van der Waals surface area contributed by atoms with Crippen LogP contribution in [0.25, 0.3) is 0 Å². The van der Waals surface area contributed by atoms with Gasteiger partial charge in [0.15, 0.2) is 0 Å². The predicted octanol–water partition coefficient (Wildman–Crippen LogP) is 4.10. The molecule has 3 saturated carbocycles. The Balaban J connectivity index is 1.75. The van der Waals surface area contributed by atoms with E-state index in [4.69, 9.17) is 11.6 Å². The fourth-order valence-corrected chi connectivity index (χ4v) is 7.12. The maximum absolute atomic E-state index is 12.4. The van der Waals surface area contributed by atoms with Gasteiger partial charge in [-0.25, -0.2) is 0 Å². The molecular weight excluding hydrogens is 296 g/mol. The lowest BCUT2D eigenvalue weighted by molar-refractivity contribution is -0.182. The fraction of sp³-hybridized carbons (Fsp3) is 0.842. The molecule has 0 aromatic heterocycles. The second-order valence-corrected chi connectivity index (χ2v) is 9.25. The molecule has 3 fully saturated rings. The summed E-state index contributed by atoms with van der Waals surface area (Å²) >= 11 is 6.74. The highest BCUT2D eigenvalue weighted by atomic mass is 35.5. The highest BCUT2D eigenvalue weighted by Gasteiger charge is 2.65. The summed E-state index contributed by atoms with van der Waals surface area (Å²) in [6.07, 6.45) is 10.7. The molecule has 0 aromatic carbocycles. The highest BCUT2D eigenvalue weighted by Crippen LogP contribution is 2.66. The standard InChI is InChI=1S/C19H27ClO2/c1-17-10-7-14-12(13(17)5-6-16(17)21)11-15(20)19(22)9-4-3-8-18(14,19)2/h3-4,12-15,22H,5-11H2,1-2H3/t12-,13-,14+,15?,17-,18+,19?/m0/s1. The van der Waals surface area contributed by atoms with E-state index in [-0.39, 0.29) is 16.2 Å². The average molecular weight is 323 g/mol. The van der Waals surface area contributed by atoms with E-state index in [1.165, 1.54) is 0 Å². The minimum absolute atomic E-state index is 0.117. The Morgan fingerprint density at radius 3 is 2.68 bits per heavy atom. The molecule has 4 aliphatic carbocycles. The van der Waals surface area contributed by atoms with Crippen molar-refractivity contribution in [2.75, 3.05) is 0 Å². The van der Waals surface area contributed by atoms with E-state index in [1.54, 1.807) is 0 Å². The van der Waals surface area contributed by atoms with Crippen molar-refractivity contribution in [3.63, 3.8) is 0 Å². The number of fused-ring (bicyclic) bond motifs is 5. The Kier molecular flexibility index (Phi) is 3.18. The molecule has 1 N–H and O–H groups in total. The number of alkyl halides is 1. The first kappa shape index (κ1) is 15.2. The molecule has 4 rings (SSSR count). The molecule has 0 aliphatic heterocycles. The van der Waals surface area contributed by atoms with Crippen LogP contribution in [0.15, 0.2) is 12.2 Å². The third kappa shape index (κ3) is 1.64. The number of Topliss-reactive ketones (excluding diaryl/α,β-unsaturated/α-hetero) is 1. The van der Waals surface area contributed by atoms with Gasteiger partial charge >= 0.3 is 0 Å². The summed E-state index contributed by atoms with van der Waals surface area (Å²) < 4.78 is 0. The van der Waals surface area contributed by atoms with Gasteiger partial charge in [0.25, 0.3) is 0 Å². The van der Waals surface area contributed by atoms with Crippen LogP contribution in [0.3, 0.4) is 0 Å². The Hall–Kier alpha value is -0.340. The maximum atomic E-state index is 12.4. The highest BCUT2D eigenvalue weighted by molar-refractivity contribution is 6.21. The molecule has 0 amide bonds. The lowest BCUT2D eigenvalue weighted by Gasteiger charge is -2.63. The molecule has 7 atom stereocenters. The molecule has 122 valence electrons. The summed E-state index contributed by atoms with van der Waals surface area (Å²) in [5.74, 6) is 1.95. The van der Waals surface area contributed by atoms with Crippen LogP contribution in [0.2, 0.25) is 0 Å². The minimum Gasteiger partial charge on any atom is -0.387 e. The molecule has 0 spiro atoms. The van der Waals surface area contributed by atoms with Crippen molar-refractivity contribution in [1.82, 2.24) is 0 Å². The molecular formula is C19H27ClO2. The summed E-state index contributed by atoms with van der Waals surface area (Å²) in [6, 6.07) is 0. The Bertz CT molecular complexity index is 544. The second-order valence-electron chi connectivity index (χ2n) is 8.72. The van der Waals surface area contributed by atoms with Crippen molar-refractivity contribution >= 4 is 17.4 Å². The van der Waals surface area contributed by atoms with Crippen LogP contribution in [0, 0.1) is 28.6 Å². The van der Waals surface area contributed by atoms with Gasteiger partial charge in [-0.15, -0.1) is 11.6 Å². The number of aliphatic hydroxyl groups is 1. The molecule has 0 saturated heterocycles. The molecule has 0 radical (unpaired) electrons. The monoisotopic (exact) mass is 322 g/mol. The van der Waals surface area contributed by atoms with E-state index in [1.807, 2.05) is 0 Å². The Morgan fingerprint density at radius 2 is 1.91 bits per heavy atom. The fourth-order valence-electron chi connectivity index (χ4n) is 6.57. The SMILES string of the molecule is C[C@]12CC[C@@H]3[C@@H](CC(Cl)C4(O)CC=CC[C@]34C)[C@@H]1CCC2=O. The first-order valence-electron chi connectivity index (χ1n) is 8.88. The average Bonchev–Trinajstić information content (AvgIpc) is 2.78. The van der Waals surface area contributed by atoms with Crippen molar-refractivity contribution in [2.45, 2.75) is 69.8 Å². The molecule has 22 heavy (non-hydrogen) atoms. The molecule has 2 unspecified atom stereocenters. The number of rotatable bonds is 0. The summed E-state index contributed by atoms with van der Waals surface area (Å²) in [5.41, 5.74) is -1.03. The normalized spacial score (nSPS) is 57.2. The van der Waals surface area contributed by atoms with E-state index in [0.29, 0.717) is 30.0 Å². The first-order valence-corrected chi connectivity index (χ1v) is 9.31. The van der Waals surface area contributed by atoms with Crippen LogP contribution in [-0.4, -0.2) is 21.9 Å². The molecule has 2 nitrogen and oxygen atoms in total. The number of hydrogen-bond acceptors (Lipinski definition) is 2. The lowest BCUT2D eigenvalue weighted by Crippen LogP contribution is -2.65. The zero-order valence-electron chi connectivity index (χ0n) is 13.6. The van der Waals surface area contributed by atoms with Gasteiger partial charge in [-0.2, -0.15) is 0 Å². The number of ketones is 1. The minimum atomic E-state index is -0.777. The van der Waals surface area contributed by atoms with Crippen molar-refractivity contribution in [3.8, 4) is 0 Å². The van der Waals surface area contributed by atoms with Crippen LogP contribution in [0.5, 0.6) is 0 Å². The summed E-state index contributed by atoms with van der Waals surface area (Å²) in [5, 5.41) is 11.2. The number of hydrogen-bond donors (Lipinski definition) is 1. The van der Waals surface area contributed by atoms with Gasteiger partial charge in [0.05, 0.1) is 11.0 Å². The van der Waals surface area contributed by atoms with E-state index in [2.05, 4.69) is 26.0 Å². The summed E-state index contributed by atoms with van der Waals surface area (Å²) in [6.45, 7) is 4.44. The van der Waals surface area contributed by atoms with Crippen molar-refractivity contribution in [2.24, 2.45) is 28.6 Å². The molecule has 0 aromatic rings. The van der Waals surface area contributed by atoms with Gasteiger partial charge in [-0.3, -0.25) is 4.79 Å². The predicted molar refractivity (Wildman–Crippen MR) is 87.7 cm³/mol. The van der Waals surface area contributed by atoms with E-state index < -0.39 is 5.60 Å². The number of halogens is 1. The van der Waals surface area contributed by atoms with Gasteiger partial charge in [0.1, 0.15) is 5.78 Å². The van der Waals surface area contributed by atoms with Crippen LogP contribution in [0.1, 0.15) is 58.8 Å². The maximum Gasteiger partial charge on any atom is 0.139 e. The third-order valence-electron chi connectivity index (χ3n) is 8.09. The van der Waals surface area contributed by atoms with Crippen LogP contribution >= 0.6 is 11.6 Å². The van der Waals surface area contributed by atoms with E-state index in [0.717, 1.165) is 38.5 Å². The second kappa shape index (κ2) is 4.60. The van der Waals surface area contributed by atoms with Gasteiger partial charge in [-0.1, -0.05) is 26.0 Å². The number of carbonyl (C=O) groups is 1. The van der Waals surface area contributed by atoms with Crippen molar-refractivity contribution < 1.29 is 9.90 Å². The van der Waals surface area contributed by atoms with Gasteiger partial charge in [-0.05, 0) is 56.3 Å². The van der Waals surface area contributed by atoms with Gasteiger partial charge in [0, 0.05) is 17.3 Å². The van der Waals surface area contributed by atoms with Crippen LogP contribution in [0.4, 0.5) is 0 Å². The molecule has 3 heteroatoms. The molecule has 0 heterocycles. The number of allylic oxidation sites excluding steroid dienone is 1. The quantitative estimate of drug-likeness (QED) is 0.538. The van der Waals surface area contributed by atoms with E-state index in [9.17, 15) is 9.90 Å². The molecule has 0 bridgehead atoms. The zero-order chi connectivity index (χ0) is 15.8. The Morgan fingerprint density at radius 1 is 1.18 bits per heavy atom. The zero-order valence-corrected chi connectivity index (χ0v) is 14.4.